The normalized spacial score (nSPS) is 10.3. The van der Waals surface area contributed by atoms with Crippen LogP contribution >= 0.6 is 0 Å². The summed E-state index contributed by atoms with van der Waals surface area (Å²) in [6.07, 6.45) is 4.50. The standard InChI is InChI=1S/C16H22FNO2/c1-3-4-5-6-7-15(19)12-16(20)18(2)14-10-8-13(17)9-11-14/h8-11H,3-7,12H2,1-2H3. The van der Waals surface area contributed by atoms with Crippen molar-refractivity contribution in [2.24, 2.45) is 0 Å². The number of amides is 1. The quantitative estimate of drug-likeness (QED) is 0.537. The van der Waals surface area contributed by atoms with E-state index in [0.717, 1.165) is 25.7 Å². The van der Waals surface area contributed by atoms with E-state index in [-0.39, 0.29) is 23.9 Å². The number of Topliss-reactive ketones (excluding diaryl/α,β-unsaturated/α-hetero) is 1. The molecule has 0 atom stereocenters. The third kappa shape index (κ3) is 5.51. The number of anilines is 1. The first-order chi connectivity index (χ1) is 9.54. The number of hydrogen-bond donors (Lipinski definition) is 0. The van der Waals surface area contributed by atoms with Crippen molar-refractivity contribution in [2.45, 2.75) is 45.4 Å². The molecule has 3 nitrogen and oxygen atoms in total. The summed E-state index contributed by atoms with van der Waals surface area (Å²) in [7, 11) is 1.60. The third-order valence-corrected chi connectivity index (χ3v) is 3.25. The number of ketones is 1. The molecular weight excluding hydrogens is 257 g/mol. The number of rotatable bonds is 8. The number of unbranched alkanes of at least 4 members (excludes halogenated alkanes) is 3. The molecule has 0 saturated heterocycles. The molecule has 1 aromatic rings. The lowest BCUT2D eigenvalue weighted by Crippen LogP contribution is -2.28. The first-order valence-corrected chi connectivity index (χ1v) is 7.08. The molecule has 0 N–H and O–H groups in total. The Morgan fingerprint density at radius 1 is 1.10 bits per heavy atom. The number of carbonyl (C=O) groups is 2. The summed E-state index contributed by atoms with van der Waals surface area (Å²) < 4.78 is 12.8. The van der Waals surface area contributed by atoms with Gasteiger partial charge in [-0.2, -0.15) is 0 Å². The Hall–Kier alpha value is -1.71. The summed E-state index contributed by atoms with van der Waals surface area (Å²) >= 11 is 0. The van der Waals surface area contributed by atoms with E-state index in [1.807, 2.05) is 0 Å². The molecule has 0 aliphatic carbocycles. The zero-order valence-corrected chi connectivity index (χ0v) is 12.2. The van der Waals surface area contributed by atoms with Crippen LogP contribution < -0.4 is 4.90 Å². The molecule has 0 saturated carbocycles. The first-order valence-electron chi connectivity index (χ1n) is 7.08. The maximum absolute atomic E-state index is 12.8. The summed E-state index contributed by atoms with van der Waals surface area (Å²) in [6.45, 7) is 2.11. The van der Waals surface area contributed by atoms with E-state index < -0.39 is 0 Å². The lowest BCUT2D eigenvalue weighted by molar-refractivity contribution is -0.126. The maximum atomic E-state index is 12.8. The van der Waals surface area contributed by atoms with Gasteiger partial charge in [0.25, 0.3) is 0 Å². The van der Waals surface area contributed by atoms with Crippen LogP contribution in [0.4, 0.5) is 10.1 Å². The molecular formula is C16H22FNO2. The molecule has 0 aliphatic rings. The second kappa shape index (κ2) is 8.46. The lowest BCUT2D eigenvalue weighted by atomic mass is 10.1. The van der Waals surface area contributed by atoms with Crippen molar-refractivity contribution in [3.8, 4) is 0 Å². The van der Waals surface area contributed by atoms with Crippen LogP contribution in [-0.4, -0.2) is 18.7 Å². The fraction of sp³-hybridized carbons (Fsp3) is 0.500. The Morgan fingerprint density at radius 3 is 2.35 bits per heavy atom. The van der Waals surface area contributed by atoms with Crippen LogP contribution in [0.15, 0.2) is 24.3 Å². The maximum Gasteiger partial charge on any atom is 0.234 e. The predicted octanol–water partition coefficient (Wildman–Crippen LogP) is 3.72. The topological polar surface area (TPSA) is 37.4 Å². The molecule has 4 heteroatoms. The average Bonchev–Trinajstić information content (AvgIpc) is 2.43. The largest absolute Gasteiger partial charge is 0.315 e. The van der Waals surface area contributed by atoms with Gasteiger partial charge in [-0.25, -0.2) is 4.39 Å². The van der Waals surface area contributed by atoms with Crippen molar-refractivity contribution in [3.05, 3.63) is 30.1 Å². The van der Waals surface area contributed by atoms with Crippen molar-refractivity contribution in [1.29, 1.82) is 0 Å². The number of hydrogen-bond acceptors (Lipinski definition) is 2. The van der Waals surface area contributed by atoms with Gasteiger partial charge in [0.2, 0.25) is 5.91 Å². The van der Waals surface area contributed by atoms with Crippen LogP contribution in [0, 0.1) is 5.82 Å². The SMILES string of the molecule is CCCCCCC(=O)CC(=O)N(C)c1ccc(F)cc1. The van der Waals surface area contributed by atoms with Crippen LogP contribution in [0.25, 0.3) is 0 Å². The molecule has 1 amide bonds. The van der Waals surface area contributed by atoms with Crippen molar-refractivity contribution in [1.82, 2.24) is 0 Å². The van der Waals surface area contributed by atoms with E-state index in [0.29, 0.717) is 12.1 Å². The van der Waals surface area contributed by atoms with Crippen LogP contribution in [-0.2, 0) is 9.59 Å². The van der Waals surface area contributed by atoms with Gasteiger partial charge in [0, 0.05) is 19.2 Å². The molecule has 110 valence electrons. The van der Waals surface area contributed by atoms with Gasteiger partial charge in [-0.3, -0.25) is 9.59 Å². The van der Waals surface area contributed by atoms with Gasteiger partial charge < -0.3 is 4.90 Å². The predicted molar refractivity (Wildman–Crippen MR) is 78.2 cm³/mol. The van der Waals surface area contributed by atoms with Gasteiger partial charge in [-0.05, 0) is 30.7 Å². The summed E-state index contributed by atoms with van der Waals surface area (Å²) in [5, 5.41) is 0. The van der Waals surface area contributed by atoms with E-state index in [9.17, 15) is 14.0 Å². The number of nitrogens with zero attached hydrogens (tertiary/aromatic N) is 1. The van der Waals surface area contributed by atoms with Gasteiger partial charge >= 0.3 is 0 Å². The van der Waals surface area contributed by atoms with Crippen LogP contribution in [0.3, 0.4) is 0 Å². The van der Waals surface area contributed by atoms with Crippen molar-refractivity contribution < 1.29 is 14.0 Å². The summed E-state index contributed by atoms with van der Waals surface area (Å²) in [5.74, 6) is -0.626. The van der Waals surface area contributed by atoms with Gasteiger partial charge in [-0.15, -0.1) is 0 Å². The minimum absolute atomic E-state index is 0.0277. The van der Waals surface area contributed by atoms with E-state index in [1.54, 1.807) is 7.05 Å². The zero-order valence-electron chi connectivity index (χ0n) is 12.2. The summed E-state index contributed by atoms with van der Waals surface area (Å²) in [6, 6.07) is 5.65. The van der Waals surface area contributed by atoms with Crippen LogP contribution in [0.1, 0.15) is 45.4 Å². The lowest BCUT2D eigenvalue weighted by Gasteiger charge is -2.16. The molecule has 20 heavy (non-hydrogen) atoms. The summed E-state index contributed by atoms with van der Waals surface area (Å²) in [4.78, 5) is 25.0. The van der Waals surface area contributed by atoms with Gasteiger partial charge in [0.15, 0.2) is 0 Å². The highest BCUT2D eigenvalue weighted by Gasteiger charge is 2.15. The molecule has 0 heterocycles. The monoisotopic (exact) mass is 279 g/mol. The minimum Gasteiger partial charge on any atom is -0.315 e. The molecule has 0 spiro atoms. The molecule has 0 bridgehead atoms. The molecule has 1 rings (SSSR count). The first kappa shape index (κ1) is 16.3. The van der Waals surface area contributed by atoms with E-state index in [2.05, 4.69) is 6.92 Å². The van der Waals surface area contributed by atoms with Crippen molar-refractivity contribution in [2.75, 3.05) is 11.9 Å². The Bertz CT molecular complexity index is 442. The molecule has 0 aromatic heterocycles. The van der Waals surface area contributed by atoms with E-state index in [4.69, 9.17) is 0 Å². The number of halogens is 1. The third-order valence-electron chi connectivity index (χ3n) is 3.25. The second-order valence-electron chi connectivity index (χ2n) is 4.96. The number of benzene rings is 1. The molecule has 0 fully saturated rings. The Kier molecular flexibility index (Phi) is 6.91. The van der Waals surface area contributed by atoms with E-state index >= 15 is 0 Å². The Morgan fingerprint density at radius 2 is 1.75 bits per heavy atom. The molecule has 1 aromatic carbocycles. The molecule has 0 unspecified atom stereocenters. The second-order valence-corrected chi connectivity index (χ2v) is 4.96. The van der Waals surface area contributed by atoms with Crippen molar-refractivity contribution >= 4 is 17.4 Å². The highest BCUT2D eigenvalue weighted by atomic mass is 19.1. The van der Waals surface area contributed by atoms with Gasteiger partial charge in [0.1, 0.15) is 11.6 Å². The van der Waals surface area contributed by atoms with Gasteiger partial charge in [0.05, 0.1) is 6.42 Å². The van der Waals surface area contributed by atoms with Crippen LogP contribution in [0.5, 0.6) is 0 Å². The minimum atomic E-state index is -0.346. The van der Waals surface area contributed by atoms with Gasteiger partial charge in [-0.1, -0.05) is 26.2 Å². The number of carbonyl (C=O) groups excluding carboxylic acids is 2. The highest BCUT2D eigenvalue weighted by Crippen LogP contribution is 2.14. The molecule has 0 aliphatic heterocycles. The van der Waals surface area contributed by atoms with Crippen molar-refractivity contribution in [3.63, 3.8) is 0 Å². The zero-order chi connectivity index (χ0) is 15.0. The Balaban J connectivity index is 2.41. The Labute approximate surface area is 119 Å². The molecule has 0 radical (unpaired) electrons. The fourth-order valence-electron chi connectivity index (χ4n) is 1.93. The highest BCUT2D eigenvalue weighted by molar-refractivity contribution is 6.05. The summed E-state index contributed by atoms with van der Waals surface area (Å²) in [5.41, 5.74) is 0.593. The smallest absolute Gasteiger partial charge is 0.234 e. The van der Waals surface area contributed by atoms with Crippen LogP contribution in [0.2, 0.25) is 0 Å². The average molecular weight is 279 g/mol. The van der Waals surface area contributed by atoms with E-state index in [1.165, 1.54) is 29.2 Å². The fourth-order valence-corrected chi connectivity index (χ4v) is 1.93.